The van der Waals surface area contributed by atoms with Gasteiger partial charge in [-0.15, -0.1) is 0 Å². The zero-order valence-electron chi connectivity index (χ0n) is 13.0. The van der Waals surface area contributed by atoms with E-state index in [4.69, 9.17) is 0 Å². The fourth-order valence-electron chi connectivity index (χ4n) is 2.14. The summed E-state index contributed by atoms with van der Waals surface area (Å²) in [4.78, 5) is 13.7. The topological polar surface area (TPSA) is 32.3 Å². The molecule has 0 bridgehead atoms. The summed E-state index contributed by atoms with van der Waals surface area (Å²) in [5.74, 6) is 0.212. The number of carbonyl (C=O) groups is 1. The van der Waals surface area contributed by atoms with E-state index in [1.807, 2.05) is 18.7 Å². The molecule has 0 saturated carbocycles. The van der Waals surface area contributed by atoms with Crippen molar-refractivity contribution in [3.05, 3.63) is 0 Å². The SMILES string of the molecule is CCCCCC(C)(C)CNCC(=O)N(CC)CC. The molecule has 0 spiro atoms. The van der Waals surface area contributed by atoms with Crippen LogP contribution in [0.2, 0.25) is 0 Å². The Balaban J connectivity index is 3.84. The first-order valence-electron chi connectivity index (χ1n) is 7.45. The lowest BCUT2D eigenvalue weighted by atomic mass is 9.87. The Hall–Kier alpha value is -0.570. The van der Waals surface area contributed by atoms with Crippen molar-refractivity contribution in [1.29, 1.82) is 0 Å². The van der Waals surface area contributed by atoms with Crippen LogP contribution in [0.3, 0.4) is 0 Å². The second kappa shape index (κ2) is 9.37. The minimum absolute atomic E-state index is 0.212. The van der Waals surface area contributed by atoms with Crippen LogP contribution in [0.5, 0.6) is 0 Å². The normalized spacial score (nSPS) is 11.6. The first-order valence-corrected chi connectivity index (χ1v) is 7.45. The summed E-state index contributed by atoms with van der Waals surface area (Å²) in [6.45, 7) is 13.8. The Morgan fingerprint density at radius 1 is 1.11 bits per heavy atom. The molecule has 0 aliphatic carbocycles. The van der Waals surface area contributed by atoms with Gasteiger partial charge in [-0.05, 0) is 25.7 Å². The fourth-order valence-corrected chi connectivity index (χ4v) is 2.14. The summed E-state index contributed by atoms with van der Waals surface area (Å²) in [6.07, 6.45) is 5.09. The highest BCUT2D eigenvalue weighted by atomic mass is 16.2. The number of likely N-dealkylation sites (N-methyl/N-ethyl adjacent to an activating group) is 1. The maximum atomic E-state index is 11.8. The predicted octanol–water partition coefficient (Wildman–Crippen LogP) is 3.05. The van der Waals surface area contributed by atoms with Gasteiger partial charge in [0.15, 0.2) is 0 Å². The monoisotopic (exact) mass is 256 g/mol. The van der Waals surface area contributed by atoms with Crippen LogP contribution in [0, 0.1) is 5.41 Å². The molecular formula is C15H32N2O. The standard InChI is InChI=1S/C15H32N2O/c1-6-9-10-11-15(4,5)13-16-12-14(18)17(7-2)8-3/h16H,6-13H2,1-5H3. The Labute approximate surface area is 113 Å². The molecule has 0 radical (unpaired) electrons. The van der Waals surface area contributed by atoms with Gasteiger partial charge in [0.1, 0.15) is 0 Å². The average molecular weight is 256 g/mol. The van der Waals surface area contributed by atoms with Crippen molar-refractivity contribution in [2.75, 3.05) is 26.2 Å². The zero-order valence-corrected chi connectivity index (χ0v) is 13.0. The third-order valence-electron chi connectivity index (χ3n) is 3.45. The summed E-state index contributed by atoms with van der Waals surface area (Å²) in [6, 6.07) is 0. The Morgan fingerprint density at radius 3 is 2.22 bits per heavy atom. The van der Waals surface area contributed by atoms with Gasteiger partial charge < -0.3 is 10.2 Å². The van der Waals surface area contributed by atoms with Crippen molar-refractivity contribution >= 4 is 5.91 Å². The van der Waals surface area contributed by atoms with Gasteiger partial charge in [-0.2, -0.15) is 0 Å². The van der Waals surface area contributed by atoms with Crippen LogP contribution in [-0.4, -0.2) is 37.0 Å². The summed E-state index contributed by atoms with van der Waals surface area (Å²) in [5, 5.41) is 3.31. The van der Waals surface area contributed by atoms with E-state index in [9.17, 15) is 4.79 Å². The molecule has 1 amide bonds. The highest BCUT2D eigenvalue weighted by Crippen LogP contribution is 2.22. The van der Waals surface area contributed by atoms with Crippen molar-refractivity contribution in [3.8, 4) is 0 Å². The highest BCUT2D eigenvalue weighted by molar-refractivity contribution is 5.78. The molecule has 3 heteroatoms. The van der Waals surface area contributed by atoms with Crippen molar-refractivity contribution in [1.82, 2.24) is 10.2 Å². The van der Waals surface area contributed by atoms with E-state index in [1.165, 1.54) is 25.7 Å². The lowest BCUT2D eigenvalue weighted by molar-refractivity contribution is -0.129. The van der Waals surface area contributed by atoms with Crippen LogP contribution >= 0.6 is 0 Å². The van der Waals surface area contributed by atoms with Crippen LogP contribution in [0.25, 0.3) is 0 Å². The highest BCUT2D eigenvalue weighted by Gasteiger charge is 2.17. The van der Waals surface area contributed by atoms with Crippen molar-refractivity contribution in [2.24, 2.45) is 5.41 Å². The maximum absolute atomic E-state index is 11.8. The first-order chi connectivity index (χ1) is 8.46. The van der Waals surface area contributed by atoms with Crippen molar-refractivity contribution in [3.63, 3.8) is 0 Å². The van der Waals surface area contributed by atoms with E-state index in [1.54, 1.807) is 0 Å². The largest absolute Gasteiger partial charge is 0.342 e. The van der Waals surface area contributed by atoms with Gasteiger partial charge in [-0.25, -0.2) is 0 Å². The summed E-state index contributed by atoms with van der Waals surface area (Å²) >= 11 is 0. The van der Waals surface area contributed by atoms with Gasteiger partial charge in [0.05, 0.1) is 6.54 Å². The second-order valence-corrected chi connectivity index (χ2v) is 5.79. The smallest absolute Gasteiger partial charge is 0.236 e. The number of hydrogen-bond donors (Lipinski definition) is 1. The van der Waals surface area contributed by atoms with E-state index in [0.717, 1.165) is 19.6 Å². The minimum atomic E-state index is 0.212. The van der Waals surface area contributed by atoms with E-state index >= 15 is 0 Å². The van der Waals surface area contributed by atoms with Crippen LogP contribution in [-0.2, 0) is 4.79 Å². The van der Waals surface area contributed by atoms with E-state index in [2.05, 4.69) is 26.1 Å². The van der Waals surface area contributed by atoms with Gasteiger partial charge in [0.2, 0.25) is 5.91 Å². The van der Waals surface area contributed by atoms with E-state index in [-0.39, 0.29) is 5.91 Å². The number of nitrogens with zero attached hydrogens (tertiary/aromatic N) is 1. The van der Waals surface area contributed by atoms with Crippen molar-refractivity contribution < 1.29 is 4.79 Å². The molecule has 18 heavy (non-hydrogen) atoms. The second-order valence-electron chi connectivity index (χ2n) is 5.79. The third kappa shape index (κ3) is 7.70. The molecule has 0 fully saturated rings. The minimum Gasteiger partial charge on any atom is -0.342 e. The van der Waals surface area contributed by atoms with E-state index in [0.29, 0.717) is 12.0 Å². The number of rotatable bonds is 10. The zero-order chi connectivity index (χ0) is 14.0. The predicted molar refractivity (Wildman–Crippen MR) is 78.7 cm³/mol. The van der Waals surface area contributed by atoms with Gasteiger partial charge in [0.25, 0.3) is 0 Å². The van der Waals surface area contributed by atoms with Gasteiger partial charge in [0, 0.05) is 19.6 Å². The number of nitrogens with one attached hydrogen (secondary N) is 1. The molecule has 0 aromatic rings. The molecule has 0 atom stereocenters. The van der Waals surface area contributed by atoms with E-state index < -0.39 is 0 Å². The number of amides is 1. The summed E-state index contributed by atoms with van der Waals surface area (Å²) in [7, 11) is 0. The molecule has 0 aliphatic heterocycles. The molecule has 1 N–H and O–H groups in total. The van der Waals surface area contributed by atoms with Gasteiger partial charge >= 0.3 is 0 Å². The Kier molecular flexibility index (Phi) is 9.08. The molecule has 0 heterocycles. The van der Waals surface area contributed by atoms with Crippen LogP contribution in [0.1, 0.15) is 60.3 Å². The maximum Gasteiger partial charge on any atom is 0.236 e. The Morgan fingerprint density at radius 2 is 1.72 bits per heavy atom. The lowest BCUT2D eigenvalue weighted by Crippen LogP contribution is -2.40. The quantitative estimate of drug-likeness (QED) is 0.609. The summed E-state index contributed by atoms with van der Waals surface area (Å²) in [5.41, 5.74) is 0.290. The van der Waals surface area contributed by atoms with Crippen molar-refractivity contribution in [2.45, 2.75) is 60.3 Å². The Bertz CT molecular complexity index is 223. The number of hydrogen-bond acceptors (Lipinski definition) is 2. The lowest BCUT2D eigenvalue weighted by Gasteiger charge is -2.26. The van der Waals surface area contributed by atoms with Gasteiger partial charge in [-0.1, -0.05) is 40.0 Å². The molecule has 108 valence electrons. The first kappa shape index (κ1) is 17.4. The molecule has 3 nitrogen and oxygen atoms in total. The molecular weight excluding hydrogens is 224 g/mol. The van der Waals surface area contributed by atoms with Crippen LogP contribution in [0.4, 0.5) is 0 Å². The fraction of sp³-hybridized carbons (Fsp3) is 0.933. The number of carbonyl (C=O) groups excluding carboxylic acids is 1. The van der Waals surface area contributed by atoms with Gasteiger partial charge in [-0.3, -0.25) is 4.79 Å². The molecule has 0 aromatic heterocycles. The average Bonchev–Trinajstić information content (AvgIpc) is 2.30. The molecule has 0 aromatic carbocycles. The number of unbranched alkanes of at least 4 members (excludes halogenated alkanes) is 2. The summed E-state index contributed by atoms with van der Waals surface area (Å²) < 4.78 is 0. The molecule has 0 unspecified atom stereocenters. The molecule has 0 rings (SSSR count). The van der Waals surface area contributed by atoms with Crippen LogP contribution in [0.15, 0.2) is 0 Å². The third-order valence-corrected chi connectivity index (χ3v) is 3.45. The van der Waals surface area contributed by atoms with Crippen LogP contribution < -0.4 is 5.32 Å². The molecule has 0 aliphatic rings. The molecule has 0 saturated heterocycles.